The van der Waals surface area contributed by atoms with E-state index in [0.29, 0.717) is 61.9 Å². The Balaban J connectivity index is 1.78. The molecule has 1 saturated heterocycles. The lowest BCUT2D eigenvalue weighted by Gasteiger charge is -2.40. The van der Waals surface area contributed by atoms with Crippen LogP contribution in [0.2, 0.25) is 0 Å². The lowest BCUT2D eigenvalue weighted by Crippen LogP contribution is -2.56. The molecule has 3 heterocycles. The zero-order valence-electron chi connectivity index (χ0n) is 15.2. The van der Waals surface area contributed by atoms with E-state index in [1.807, 2.05) is 12.1 Å². The number of carbonyl (C=O) groups is 1. The molecule has 142 valence electrons. The van der Waals surface area contributed by atoms with Gasteiger partial charge in [-0.05, 0) is 36.2 Å². The fourth-order valence-electron chi connectivity index (χ4n) is 3.62. The maximum atomic E-state index is 14.4. The molecular weight excluding hydrogens is 349 g/mol. The minimum Gasteiger partial charge on any atom is -0.491 e. The van der Waals surface area contributed by atoms with Gasteiger partial charge in [-0.15, -0.1) is 0 Å². The highest BCUT2D eigenvalue weighted by atomic mass is 19.1. The standard InChI is InChI=1S/C20H22FN3O3/c1-14-4-5-15(13-16(14)21)20(23-19(25)24-8-11-26-12-9-24)6-10-27-17-3-2-7-22-18(17)20/h2-5,7,13H,6,8-12H2,1H3,(H,23,25)/t20-/m0/s1. The van der Waals surface area contributed by atoms with Crippen molar-refractivity contribution in [1.82, 2.24) is 15.2 Å². The van der Waals surface area contributed by atoms with Crippen molar-refractivity contribution in [2.24, 2.45) is 0 Å². The maximum Gasteiger partial charge on any atom is 0.318 e. The number of fused-ring (bicyclic) bond motifs is 1. The summed E-state index contributed by atoms with van der Waals surface area (Å²) in [4.78, 5) is 19.2. The van der Waals surface area contributed by atoms with Crippen LogP contribution in [0.4, 0.5) is 9.18 Å². The number of aromatic nitrogens is 1. The van der Waals surface area contributed by atoms with Crippen LogP contribution >= 0.6 is 0 Å². The largest absolute Gasteiger partial charge is 0.491 e. The minimum atomic E-state index is -0.946. The predicted molar refractivity (Wildman–Crippen MR) is 97.2 cm³/mol. The Kier molecular flexibility index (Phi) is 4.70. The summed E-state index contributed by atoms with van der Waals surface area (Å²) in [6.45, 7) is 4.19. The molecule has 0 bridgehead atoms. The van der Waals surface area contributed by atoms with Crippen molar-refractivity contribution in [2.75, 3.05) is 32.9 Å². The van der Waals surface area contributed by atoms with E-state index < -0.39 is 5.54 Å². The van der Waals surface area contributed by atoms with Crippen LogP contribution in [0.5, 0.6) is 5.75 Å². The number of carbonyl (C=O) groups excluding carboxylic acids is 1. The minimum absolute atomic E-state index is 0.210. The van der Waals surface area contributed by atoms with Crippen molar-refractivity contribution < 1.29 is 18.7 Å². The topological polar surface area (TPSA) is 63.7 Å². The number of urea groups is 1. The van der Waals surface area contributed by atoms with Crippen molar-refractivity contribution in [2.45, 2.75) is 18.9 Å². The highest BCUT2D eigenvalue weighted by Crippen LogP contribution is 2.41. The molecule has 4 rings (SSSR count). The maximum absolute atomic E-state index is 14.4. The smallest absolute Gasteiger partial charge is 0.318 e. The number of hydrogen-bond acceptors (Lipinski definition) is 4. The zero-order valence-corrected chi connectivity index (χ0v) is 15.2. The van der Waals surface area contributed by atoms with Crippen molar-refractivity contribution in [3.05, 3.63) is 59.2 Å². The van der Waals surface area contributed by atoms with Crippen LogP contribution in [0, 0.1) is 12.7 Å². The van der Waals surface area contributed by atoms with Gasteiger partial charge in [-0.2, -0.15) is 0 Å². The Morgan fingerprint density at radius 2 is 2.07 bits per heavy atom. The summed E-state index contributed by atoms with van der Waals surface area (Å²) in [5, 5.41) is 3.14. The molecule has 2 aliphatic heterocycles. The number of ether oxygens (including phenoxy) is 2. The van der Waals surface area contributed by atoms with Crippen LogP contribution in [-0.2, 0) is 10.3 Å². The van der Waals surface area contributed by atoms with Crippen LogP contribution in [-0.4, -0.2) is 48.8 Å². The lowest BCUT2D eigenvalue weighted by molar-refractivity contribution is 0.0504. The second kappa shape index (κ2) is 7.15. The van der Waals surface area contributed by atoms with Crippen LogP contribution in [0.15, 0.2) is 36.5 Å². The van der Waals surface area contributed by atoms with Crippen LogP contribution < -0.4 is 10.1 Å². The SMILES string of the molecule is Cc1ccc([C@@]2(NC(=O)N3CCOCC3)CCOc3cccnc32)cc1F. The van der Waals surface area contributed by atoms with Gasteiger partial charge in [-0.3, -0.25) is 4.98 Å². The number of nitrogens with one attached hydrogen (secondary N) is 1. The molecule has 1 aromatic carbocycles. The number of hydrogen-bond donors (Lipinski definition) is 1. The third-order valence-corrected chi connectivity index (χ3v) is 5.19. The second-order valence-corrected chi connectivity index (χ2v) is 6.85. The fourth-order valence-corrected chi connectivity index (χ4v) is 3.62. The number of morpholine rings is 1. The first-order valence-corrected chi connectivity index (χ1v) is 9.10. The molecule has 1 atom stereocenters. The third kappa shape index (κ3) is 3.23. The number of halogens is 1. The molecule has 7 heteroatoms. The van der Waals surface area contributed by atoms with Gasteiger partial charge in [0.2, 0.25) is 0 Å². The van der Waals surface area contributed by atoms with Gasteiger partial charge in [0.1, 0.15) is 22.8 Å². The molecule has 2 amide bonds. The zero-order chi connectivity index (χ0) is 18.9. The van der Waals surface area contributed by atoms with Crippen molar-refractivity contribution >= 4 is 6.03 Å². The quantitative estimate of drug-likeness (QED) is 0.881. The normalized spacial score (nSPS) is 21.9. The van der Waals surface area contributed by atoms with Gasteiger partial charge < -0.3 is 19.7 Å². The number of amides is 2. The molecule has 0 aliphatic carbocycles. The summed E-state index contributed by atoms with van der Waals surface area (Å²) >= 11 is 0. The first-order chi connectivity index (χ1) is 13.1. The van der Waals surface area contributed by atoms with Gasteiger partial charge in [-0.25, -0.2) is 9.18 Å². The summed E-state index contributed by atoms with van der Waals surface area (Å²) in [6.07, 6.45) is 2.13. The Morgan fingerprint density at radius 3 is 2.85 bits per heavy atom. The molecular formula is C20H22FN3O3. The molecule has 1 fully saturated rings. The number of pyridine rings is 1. The molecule has 0 saturated carbocycles. The van der Waals surface area contributed by atoms with Crippen LogP contribution in [0.3, 0.4) is 0 Å². The van der Waals surface area contributed by atoms with E-state index in [4.69, 9.17) is 9.47 Å². The summed E-state index contributed by atoms with van der Waals surface area (Å²) in [5.74, 6) is 0.295. The van der Waals surface area contributed by atoms with E-state index in [1.54, 1.807) is 30.2 Å². The highest BCUT2D eigenvalue weighted by Gasteiger charge is 2.43. The van der Waals surface area contributed by atoms with E-state index in [1.165, 1.54) is 6.07 Å². The molecule has 6 nitrogen and oxygen atoms in total. The summed E-state index contributed by atoms with van der Waals surface area (Å²) < 4.78 is 25.5. The monoisotopic (exact) mass is 371 g/mol. The van der Waals surface area contributed by atoms with E-state index >= 15 is 0 Å². The van der Waals surface area contributed by atoms with Crippen molar-refractivity contribution in [3.63, 3.8) is 0 Å². The molecule has 2 aliphatic rings. The Hall–Kier alpha value is -2.67. The van der Waals surface area contributed by atoms with Crippen LogP contribution in [0.1, 0.15) is 23.2 Å². The van der Waals surface area contributed by atoms with Gasteiger partial charge in [0.15, 0.2) is 0 Å². The number of benzene rings is 1. The van der Waals surface area contributed by atoms with Gasteiger partial charge in [0.25, 0.3) is 0 Å². The highest BCUT2D eigenvalue weighted by molar-refractivity contribution is 5.76. The summed E-state index contributed by atoms with van der Waals surface area (Å²) in [7, 11) is 0. The van der Waals surface area contributed by atoms with Gasteiger partial charge in [-0.1, -0.05) is 12.1 Å². The average molecular weight is 371 g/mol. The molecule has 1 N–H and O–H groups in total. The van der Waals surface area contributed by atoms with Gasteiger partial charge >= 0.3 is 6.03 Å². The van der Waals surface area contributed by atoms with E-state index in [9.17, 15) is 9.18 Å². The molecule has 0 radical (unpaired) electrons. The average Bonchev–Trinajstić information content (AvgIpc) is 2.71. The van der Waals surface area contributed by atoms with Gasteiger partial charge in [0, 0.05) is 25.7 Å². The second-order valence-electron chi connectivity index (χ2n) is 6.85. The Labute approximate surface area is 157 Å². The Bertz CT molecular complexity index is 854. The first-order valence-electron chi connectivity index (χ1n) is 9.10. The van der Waals surface area contributed by atoms with E-state index in [-0.39, 0.29) is 11.8 Å². The number of aryl methyl sites for hydroxylation is 1. The third-order valence-electron chi connectivity index (χ3n) is 5.19. The Morgan fingerprint density at radius 1 is 1.26 bits per heavy atom. The first kappa shape index (κ1) is 17.7. The summed E-state index contributed by atoms with van der Waals surface area (Å²) in [6, 6.07) is 8.46. The van der Waals surface area contributed by atoms with Crippen molar-refractivity contribution in [1.29, 1.82) is 0 Å². The van der Waals surface area contributed by atoms with Crippen molar-refractivity contribution in [3.8, 4) is 5.75 Å². The summed E-state index contributed by atoms with van der Waals surface area (Å²) in [5.41, 5.74) is 0.872. The van der Waals surface area contributed by atoms with E-state index in [0.717, 1.165) is 0 Å². The fraction of sp³-hybridized carbons (Fsp3) is 0.400. The number of nitrogens with zero attached hydrogens (tertiary/aromatic N) is 2. The van der Waals surface area contributed by atoms with E-state index in [2.05, 4.69) is 10.3 Å². The molecule has 0 spiro atoms. The number of rotatable bonds is 2. The van der Waals surface area contributed by atoms with Gasteiger partial charge in [0.05, 0.1) is 19.8 Å². The molecule has 2 aromatic rings. The van der Waals surface area contributed by atoms with Crippen LogP contribution in [0.25, 0.3) is 0 Å². The predicted octanol–water partition coefficient (Wildman–Crippen LogP) is 2.60. The molecule has 27 heavy (non-hydrogen) atoms. The molecule has 0 unspecified atom stereocenters. The lowest BCUT2D eigenvalue weighted by atomic mass is 9.81. The molecule has 1 aromatic heterocycles.